The maximum Gasteiger partial charge on any atom is 0.417 e. The van der Waals surface area contributed by atoms with Gasteiger partial charge in [-0.15, -0.1) is 0 Å². The lowest BCUT2D eigenvalue weighted by atomic mass is 10.1. The minimum Gasteiger partial charge on any atom is -0.367 e. The molecule has 0 atom stereocenters. The minimum atomic E-state index is -4.60. The molecule has 0 aliphatic carbocycles. The number of benzene rings is 1. The second-order valence-electron chi connectivity index (χ2n) is 7.41. The van der Waals surface area contributed by atoms with E-state index in [9.17, 15) is 18.0 Å². The van der Waals surface area contributed by atoms with Gasteiger partial charge < -0.3 is 10.6 Å². The smallest absolute Gasteiger partial charge is 0.367 e. The molecule has 11 heteroatoms. The highest BCUT2D eigenvalue weighted by atomic mass is 32.2. The molecule has 3 aromatic rings. The molecule has 0 aliphatic rings. The van der Waals surface area contributed by atoms with Crippen molar-refractivity contribution >= 4 is 34.5 Å². The molecule has 32 heavy (non-hydrogen) atoms. The maximum absolute atomic E-state index is 13.2. The van der Waals surface area contributed by atoms with Gasteiger partial charge in [-0.2, -0.15) is 18.3 Å². The largest absolute Gasteiger partial charge is 0.417 e. The summed E-state index contributed by atoms with van der Waals surface area (Å²) >= 11 is 1.54. The molecule has 2 N–H and O–H groups in total. The molecule has 1 aromatic carbocycles. The van der Waals surface area contributed by atoms with E-state index in [-0.39, 0.29) is 19.1 Å². The van der Waals surface area contributed by atoms with E-state index in [0.29, 0.717) is 16.6 Å². The molecule has 3 rings (SSSR count). The van der Waals surface area contributed by atoms with Crippen LogP contribution in [0, 0.1) is 0 Å². The third-order valence-electron chi connectivity index (χ3n) is 4.42. The SMILES string of the molecule is CCCSc1nc(NC(C)C)c2cnn(CCNC(=O)c3ccccc3C(F)(F)F)c2n1. The van der Waals surface area contributed by atoms with Crippen molar-refractivity contribution in [3.63, 3.8) is 0 Å². The Morgan fingerprint density at radius 3 is 2.66 bits per heavy atom. The Kier molecular flexibility index (Phi) is 7.60. The highest BCUT2D eigenvalue weighted by molar-refractivity contribution is 7.99. The Labute approximate surface area is 188 Å². The zero-order valence-electron chi connectivity index (χ0n) is 18.0. The van der Waals surface area contributed by atoms with Crippen molar-refractivity contribution in [1.29, 1.82) is 0 Å². The third-order valence-corrected chi connectivity index (χ3v) is 5.48. The Morgan fingerprint density at radius 2 is 1.97 bits per heavy atom. The fraction of sp³-hybridized carbons (Fsp3) is 0.429. The van der Waals surface area contributed by atoms with Crippen LogP contribution in [0.5, 0.6) is 0 Å². The summed E-state index contributed by atoms with van der Waals surface area (Å²) in [7, 11) is 0. The number of carbonyl (C=O) groups excluding carboxylic acids is 1. The van der Waals surface area contributed by atoms with Crippen LogP contribution >= 0.6 is 11.8 Å². The van der Waals surface area contributed by atoms with Gasteiger partial charge in [0.05, 0.1) is 29.3 Å². The van der Waals surface area contributed by atoms with Gasteiger partial charge in [-0.3, -0.25) is 4.79 Å². The first-order valence-corrected chi connectivity index (χ1v) is 11.3. The molecule has 0 spiro atoms. The number of rotatable bonds is 9. The van der Waals surface area contributed by atoms with E-state index in [1.54, 1.807) is 10.9 Å². The first kappa shape index (κ1) is 23.8. The molecule has 0 fully saturated rings. The van der Waals surface area contributed by atoms with E-state index in [1.165, 1.54) is 23.9 Å². The van der Waals surface area contributed by atoms with Crippen molar-refractivity contribution in [3.05, 3.63) is 41.6 Å². The zero-order chi connectivity index (χ0) is 23.3. The van der Waals surface area contributed by atoms with Gasteiger partial charge in [-0.1, -0.05) is 30.8 Å². The number of nitrogens with one attached hydrogen (secondary N) is 2. The second-order valence-corrected chi connectivity index (χ2v) is 8.47. The topological polar surface area (TPSA) is 84.7 Å². The average molecular weight is 467 g/mol. The van der Waals surface area contributed by atoms with E-state index < -0.39 is 23.2 Å². The summed E-state index contributed by atoms with van der Waals surface area (Å²) in [6.45, 7) is 6.43. The summed E-state index contributed by atoms with van der Waals surface area (Å²) in [6.07, 6.45) is -1.98. The van der Waals surface area contributed by atoms with Crippen LogP contribution in [-0.2, 0) is 12.7 Å². The molecule has 2 aromatic heterocycles. The quantitative estimate of drug-likeness (QED) is 0.354. The molecule has 0 saturated carbocycles. The fourth-order valence-electron chi connectivity index (χ4n) is 3.04. The molecular formula is C21H25F3N6OS. The lowest BCUT2D eigenvalue weighted by Gasteiger charge is -2.13. The van der Waals surface area contributed by atoms with E-state index in [4.69, 9.17) is 0 Å². The average Bonchev–Trinajstić information content (AvgIpc) is 3.14. The van der Waals surface area contributed by atoms with Crippen molar-refractivity contribution in [2.24, 2.45) is 0 Å². The molecule has 172 valence electrons. The number of thioether (sulfide) groups is 1. The molecular weight excluding hydrogens is 441 g/mol. The number of halogens is 3. The van der Waals surface area contributed by atoms with E-state index in [1.807, 2.05) is 13.8 Å². The number of alkyl halides is 3. The lowest BCUT2D eigenvalue weighted by Crippen LogP contribution is -2.29. The summed E-state index contributed by atoms with van der Waals surface area (Å²) < 4.78 is 41.1. The molecule has 0 unspecified atom stereocenters. The molecule has 1 amide bonds. The Morgan fingerprint density at radius 1 is 1.22 bits per heavy atom. The molecule has 0 aliphatic heterocycles. The van der Waals surface area contributed by atoms with Crippen molar-refractivity contribution < 1.29 is 18.0 Å². The van der Waals surface area contributed by atoms with Gasteiger partial charge in [0, 0.05) is 18.3 Å². The summed E-state index contributed by atoms with van der Waals surface area (Å²) in [4.78, 5) is 21.5. The van der Waals surface area contributed by atoms with Gasteiger partial charge in [0.1, 0.15) is 5.82 Å². The first-order chi connectivity index (χ1) is 15.2. The molecule has 7 nitrogen and oxygen atoms in total. The number of anilines is 1. The molecule has 0 bridgehead atoms. The summed E-state index contributed by atoms with van der Waals surface area (Å²) in [6, 6.07) is 4.88. The van der Waals surface area contributed by atoms with Crippen LogP contribution in [0.3, 0.4) is 0 Å². The second kappa shape index (κ2) is 10.2. The number of aromatic nitrogens is 4. The van der Waals surface area contributed by atoms with Crippen LogP contribution in [-0.4, -0.2) is 44.0 Å². The number of hydrogen-bond donors (Lipinski definition) is 2. The fourth-order valence-corrected chi connectivity index (χ4v) is 3.73. The van der Waals surface area contributed by atoms with Crippen LogP contribution in [0.1, 0.15) is 43.1 Å². The van der Waals surface area contributed by atoms with Crippen LogP contribution < -0.4 is 10.6 Å². The number of amides is 1. The van der Waals surface area contributed by atoms with E-state index in [0.717, 1.165) is 29.7 Å². The Balaban J connectivity index is 1.77. The number of carbonyl (C=O) groups is 1. The van der Waals surface area contributed by atoms with Crippen LogP contribution in [0.4, 0.5) is 19.0 Å². The maximum atomic E-state index is 13.2. The zero-order valence-corrected chi connectivity index (χ0v) is 18.8. The Hall–Kier alpha value is -2.82. The predicted octanol–water partition coefficient (Wildman–Crippen LogP) is 4.60. The third kappa shape index (κ3) is 5.70. The number of nitrogens with zero attached hydrogens (tertiary/aromatic N) is 4. The van der Waals surface area contributed by atoms with Gasteiger partial charge >= 0.3 is 6.18 Å². The van der Waals surface area contributed by atoms with Crippen LogP contribution in [0.2, 0.25) is 0 Å². The van der Waals surface area contributed by atoms with Crippen molar-refractivity contribution in [3.8, 4) is 0 Å². The standard InChI is InChI=1S/C21H25F3N6OS/c1-4-11-32-20-28-17(27-13(2)3)15-12-26-30(18(15)29-20)10-9-25-19(31)14-7-5-6-8-16(14)21(22,23)24/h5-8,12-13H,4,9-11H2,1-3H3,(H,25,31)(H,27,28,29). The summed E-state index contributed by atoms with van der Waals surface area (Å²) in [5.74, 6) is 0.762. The van der Waals surface area contributed by atoms with Crippen molar-refractivity contribution in [1.82, 2.24) is 25.1 Å². The van der Waals surface area contributed by atoms with Gasteiger partial charge in [0.2, 0.25) is 0 Å². The summed E-state index contributed by atoms with van der Waals surface area (Å²) in [5.41, 5.74) is -0.766. The number of fused-ring (bicyclic) bond motifs is 1. The van der Waals surface area contributed by atoms with Crippen molar-refractivity contribution in [2.45, 2.75) is 51.1 Å². The van der Waals surface area contributed by atoms with Crippen LogP contribution in [0.25, 0.3) is 11.0 Å². The predicted molar refractivity (Wildman–Crippen MR) is 119 cm³/mol. The number of hydrogen-bond acceptors (Lipinski definition) is 6. The van der Waals surface area contributed by atoms with E-state index >= 15 is 0 Å². The molecule has 2 heterocycles. The van der Waals surface area contributed by atoms with Gasteiger partial charge in [0.25, 0.3) is 5.91 Å². The van der Waals surface area contributed by atoms with E-state index in [2.05, 4.69) is 32.6 Å². The monoisotopic (exact) mass is 466 g/mol. The highest BCUT2D eigenvalue weighted by Crippen LogP contribution is 2.31. The highest BCUT2D eigenvalue weighted by Gasteiger charge is 2.34. The normalized spacial score (nSPS) is 11.8. The minimum absolute atomic E-state index is 0.0934. The Bertz CT molecular complexity index is 1080. The first-order valence-electron chi connectivity index (χ1n) is 10.3. The summed E-state index contributed by atoms with van der Waals surface area (Å²) in [5, 5.41) is 11.6. The van der Waals surface area contributed by atoms with Gasteiger partial charge in [0.15, 0.2) is 10.8 Å². The van der Waals surface area contributed by atoms with Gasteiger partial charge in [-0.05, 0) is 32.4 Å². The molecule has 0 radical (unpaired) electrons. The van der Waals surface area contributed by atoms with Crippen LogP contribution in [0.15, 0.2) is 35.6 Å². The molecule has 0 saturated heterocycles. The lowest BCUT2D eigenvalue weighted by molar-refractivity contribution is -0.137. The van der Waals surface area contributed by atoms with Crippen molar-refractivity contribution in [2.75, 3.05) is 17.6 Å². The van der Waals surface area contributed by atoms with Gasteiger partial charge in [-0.25, -0.2) is 14.6 Å².